The Morgan fingerprint density at radius 1 is 0.887 bits per heavy atom. The first-order valence-electron chi connectivity index (χ1n) is 24.3. The van der Waals surface area contributed by atoms with Crippen LogP contribution in [0.3, 0.4) is 0 Å². The van der Waals surface area contributed by atoms with Crippen LogP contribution >= 0.6 is 8.53 Å². The van der Waals surface area contributed by atoms with Crippen molar-refractivity contribution >= 4 is 39.9 Å². The molecule has 3 aromatic carbocycles. The van der Waals surface area contributed by atoms with Gasteiger partial charge in [-0.2, -0.15) is 10.2 Å². The predicted molar refractivity (Wildman–Crippen MR) is 277 cm³/mol. The maximum Gasteiger partial charge on any atom is 0.280 e. The van der Waals surface area contributed by atoms with Crippen molar-refractivity contribution in [2.75, 3.05) is 32.9 Å². The molecule has 17 nitrogen and oxygen atoms in total. The largest absolute Gasteiger partial charge is 0.497 e. The average Bonchev–Trinajstić information content (AvgIpc) is 3.91. The Morgan fingerprint density at radius 3 is 1.93 bits per heavy atom. The van der Waals surface area contributed by atoms with E-state index in [1.54, 1.807) is 18.8 Å². The van der Waals surface area contributed by atoms with Crippen molar-refractivity contribution in [1.29, 1.82) is 5.26 Å². The molecule has 6 rings (SSSR count). The number of aromatic nitrogens is 4. The molecule has 0 radical (unpaired) electrons. The number of aliphatic hydroxyl groups excluding tert-OH is 1. The van der Waals surface area contributed by atoms with E-state index in [0.717, 1.165) is 5.56 Å². The van der Waals surface area contributed by atoms with Gasteiger partial charge in [-0.15, -0.1) is 0 Å². The highest BCUT2D eigenvalue weighted by Crippen LogP contribution is 2.54. The van der Waals surface area contributed by atoms with Crippen LogP contribution in [0, 0.1) is 11.3 Å². The predicted octanol–water partition coefficient (Wildman–Crippen LogP) is 9.58. The van der Waals surface area contributed by atoms with Gasteiger partial charge in [-0.05, 0) is 85.3 Å². The van der Waals surface area contributed by atoms with Crippen molar-refractivity contribution in [3.8, 4) is 17.6 Å². The second-order valence-corrected chi connectivity index (χ2v) is 26.2. The molecule has 19 heteroatoms. The number of benzene rings is 3. The van der Waals surface area contributed by atoms with Gasteiger partial charge in [0.15, 0.2) is 17.4 Å². The molecule has 384 valence electrons. The quantitative estimate of drug-likeness (QED) is 0.0173. The van der Waals surface area contributed by atoms with E-state index < -0.39 is 64.4 Å². The van der Waals surface area contributed by atoms with Crippen LogP contribution in [0.25, 0.3) is 11.2 Å². The van der Waals surface area contributed by atoms with E-state index in [1.807, 2.05) is 107 Å². The molecule has 0 bridgehead atoms. The number of imidazole rings is 1. The van der Waals surface area contributed by atoms with E-state index in [4.69, 9.17) is 32.4 Å². The number of aliphatic hydroxyl groups is 1. The van der Waals surface area contributed by atoms with Gasteiger partial charge >= 0.3 is 0 Å². The Morgan fingerprint density at radius 2 is 1.44 bits per heavy atom. The van der Waals surface area contributed by atoms with Crippen molar-refractivity contribution in [2.24, 2.45) is 0 Å². The van der Waals surface area contributed by atoms with E-state index in [-0.39, 0.29) is 65.6 Å². The van der Waals surface area contributed by atoms with Gasteiger partial charge in [-0.1, -0.05) is 96.1 Å². The highest BCUT2D eigenvalue weighted by atomic mass is 31.2. The summed E-state index contributed by atoms with van der Waals surface area (Å²) in [7, 11) is -1.37. The summed E-state index contributed by atoms with van der Waals surface area (Å²) in [6, 6.07) is 26.8. The zero-order valence-electron chi connectivity index (χ0n) is 43.3. The topological polar surface area (TPSA) is 205 Å². The van der Waals surface area contributed by atoms with Gasteiger partial charge in [0, 0.05) is 19.0 Å². The summed E-state index contributed by atoms with van der Waals surface area (Å²) in [5.41, 5.74) is 0.864. The number of nitrogens with zero attached hydrogens (tertiary/aromatic N) is 5. The van der Waals surface area contributed by atoms with Crippen molar-refractivity contribution in [3.05, 3.63) is 112 Å². The van der Waals surface area contributed by atoms with Crippen molar-refractivity contribution in [2.45, 2.75) is 147 Å². The number of nitrogens with one attached hydrogen (secondary N) is 2. The van der Waals surface area contributed by atoms with Gasteiger partial charge in [0.2, 0.25) is 20.2 Å². The van der Waals surface area contributed by atoms with E-state index in [0.29, 0.717) is 22.6 Å². The smallest absolute Gasteiger partial charge is 0.280 e. The number of nitriles is 1. The number of rotatable bonds is 24. The second-order valence-electron chi connectivity index (χ2n) is 19.3. The molecule has 1 saturated heterocycles. The fraction of sp³-hybridized carbons (Fsp3) is 0.519. The van der Waals surface area contributed by atoms with Crippen LogP contribution in [0.5, 0.6) is 11.5 Å². The van der Waals surface area contributed by atoms with E-state index in [1.165, 1.54) is 13.3 Å². The summed E-state index contributed by atoms with van der Waals surface area (Å²) in [6.07, 6.45) is -4.68. The fourth-order valence-corrected chi connectivity index (χ4v) is 17.6. The van der Waals surface area contributed by atoms with Crippen LogP contribution in [0.4, 0.5) is 5.95 Å². The fourth-order valence-electron chi connectivity index (χ4n) is 10.6. The molecule has 1 aliphatic heterocycles. The molecule has 5 aromatic rings. The van der Waals surface area contributed by atoms with Gasteiger partial charge < -0.3 is 37.5 Å². The number of hydrogen-bond acceptors (Lipinski definition) is 14. The number of carbonyl (C=O) groups is 1. The lowest BCUT2D eigenvalue weighted by molar-refractivity contribution is -0.115. The van der Waals surface area contributed by atoms with Crippen LogP contribution in [0.15, 0.2) is 90.0 Å². The van der Waals surface area contributed by atoms with Gasteiger partial charge in [0.25, 0.3) is 14.1 Å². The number of ether oxygens (including phenoxy) is 4. The minimum atomic E-state index is -2.56. The zero-order valence-corrected chi connectivity index (χ0v) is 45.2. The maximum absolute atomic E-state index is 14.1. The third-order valence-electron chi connectivity index (χ3n) is 13.5. The highest BCUT2D eigenvalue weighted by Gasteiger charge is 2.59. The molecule has 0 aliphatic carbocycles. The highest BCUT2D eigenvalue weighted by molar-refractivity contribution is 7.44. The molecule has 0 spiro atoms. The van der Waals surface area contributed by atoms with Crippen LogP contribution < -0.4 is 20.3 Å². The van der Waals surface area contributed by atoms with Crippen LogP contribution in [0.1, 0.15) is 106 Å². The minimum Gasteiger partial charge on any atom is -0.497 e. The van der Waals surface area contributed by atoms with Gasteiger partial charge in [0.1, 0.15) is 42.7 Å². The first-order valence-corrected chi connectivity index (χ1v) is 27.6. The Kier molecular flexibility index (Phi) is 18.8. The van der Waals surface area contributed by atoms with Gasteiger partial charge in [-0.3, -0.25) is 24.5 Å². The molecular formula is C52H72N7O10PSi. The van der Waals surface area contributed by atoms with Crippen LogP contribution in [-0.4, -0.2) is 108 Å². The third kappa shape index (κ3) is 11.4. The number of methoxy groups -OCH3 is 2. The molecule has 71 heavy (non-hydrogen) atoms. The number of hydrogen-bond donors (Lipinski definition) is 3. The maximum atomic E-state index is 14.1. The minimum absolute atomic E-state index is 0.0204. The number of carbonyl (C=O) groups excluding carboxylic acids is 1. The van der Waals surface area contributed by atoms with Gasteiger partial charge in [-0.25, -0.2) is 9.65 Å². The summed E-state index contributed by atoms with van der Waals surface area (Å²) in [5, 5.41) is 26.4. The first-order chi connectivity index (χ1) is 33.9. The molecule has 1 amide bonds. The Hall–Kier alpha value is -5.06. The number of fused-ring (bicyclic) bond motifs is 1. The number of H-pyrrole nitrogens is 1. The summed E-state index contributed by atoms with van der Waals surface area (Å²) in [4.78, 5) is 37.7. The Balaban J connectivity index is 1.68. The third-order valence-corrected chi connectivity index (χ3v) is 21.6. The standard InChI is InChI=1S/C52H72N7O10PSi/c1-32(2)59(33(3)4)70(66-29-17-28-53)69-44-45(47(61)52(38-18-15-14-16-19-38,39-20-24-41(63-12)25-21-39)40-22-26-42(64-13)27-23-40)68-50(46(44)65-31-67-71(34(5)6,35(7)8)36(9)10)58-30-54-43-48(58)56-51(55-37(11)60)57-49(43)62/h14-16,18-27,30,32-36,44-47,50,61H,17,29,31H2,1-13H3,(H2,55,56,57,60,62)/t44-,45+,46-,47?,50-,70?/m1/s1. The number of anilines is 1. The molecule has 3 heterocycles. The lowest BCUT2D eigenvalue weighted by Crippen LogP contribution is -2.53. The van der Waals surface area contributed by atoms with E-state index in [9.17, 15) is 20.0 Å². The second kappa shape index (κ2) is 24.1. The summed E-state index contributed by atoms with van der Waals surface area (Å²) in [5.74, 6) is 0.693. The number of aromatic amines is 1. The van der Waals surface area contributed by atoms with E-state index >= 15 is 0 Å². The average molecular weight is 1010 g/mol. The molecule has 2 aromatic heterocycles. The summed E-state index contributed by atoms with van der Waals surface area (Å²) in [6.45, 7) is 22.6. The lowest BCUT2D eigenvalue weighted by Gasteiger charge is -2.44. The normalized spacial score (nSPS) is 18.5. The molecule has 6 atom stereocenters. The van der Waals surface area contributed by atoms with Crippen molar-refractivity contribution in [3.63, 3.8) is 0 Å². The molecular weight excluding hydrogens is 942 g/mol. The van der Waals surface area contributed by atoms with E-state index in [2.05, 4.69) is 72.6 Å². The van der Waals surface area contributed by atoms with Crippen molar-refractivity contribution in [1.82, 2.24) is 24.2 Å². The van der Waals surface area contributed by atoms with Crippen LogP contribution in [0.2, 0.25) is 16.6 Å². The Bertz CT molecular complexity index is 2530. The van der Waals surface area contributed by atoms with Crippen LogP contribution in [-0.2, 0) is 33.2 Å². The van der Waals surface area contributed by atoms with Gasteiger partial charge in [0.05, 0.1) is 45.1 Å². The molecule has 1 fully saturated rings. The SMILES string of the molecule is COc1ccc(C(c2ccccc2)(c2ccc(OC)cc2)C(O)[C@H]2O[C@@H](n3cnc4c(=O)[nH]c(NC(C)=O)nc43)[C@H](OCO[Si](C(C)C)(C(C)C)C(C)C)[C@@H]2OP(OCCC#N)N(C(C)C)C(C)C)cc1. The Labute approximate surface area is 420 Å². The number of amides is 1. The molecule has 1 aliphatic rings. The van der Waals surface area contributed by atoms with Crippen molar-refractivity contribution < 1.29 is 42.3 Å². The molecule has 3 N–H and O–H groups in total. The monoisotopic (exact) mass is 1010 g/mol. The molecule has 0 saturated carbocycles. The lowest BCUT2D eigenvalue weighted by atomic mass is 9.64. The summed E-state index contributed by atoms with van der Waals surface area (Å²) < 4.78 is 50.5. The molecule has 2 unspecified atom stereocenters. The first kappa shape index (κ1) is 55.3. The summed E-state index contributed by atoms with van der Waals surface area (Å²) >= 11 is 0. The zero-order chi connectivity index (χ0) is 51.8.